The third-order valence-corrected chi connectivity index (χ3v) is 5.01. The lowest BCUT2D eigenvalue weighted by molar-refractivity contribution is 0.196. The Kier molecular flexibility index (Phi) is 4.99. The minimum Gasteiger partial charge on any atom is -0.341 e. The number of hydrogen-bond acceptors (Lipinski definition) is 4. The number of aromatic nitrogens is 4. The molecule has 0 spiro atoms. The van der Waals surface area contributed by atoms with E-state index >= 15 is 0 Å². The summed E-state index contributed by atoms with van der Waals surface area (Å²) in [5, 5.41) is 0. The molecule has 0 unspecified atom stereocenters. The summed E-state index contributed by atoms with van der Waals surface area (Å²) in [4.78, 5) is 19.6. The number of imidazole rings is 1. The highest BCUT2D eigenvalue weighted by atomic mass is 19.1. The smallest absolute Gasteiger partial charge is 0.156 e. The standard InChI is InChI=1S/C21H24FN5/c1-14-10-19(21-23-11-15(2)25-21)26-20(24-14)17-4-3-9-27(13-17)12-16-5-7-18(22)8-6-16/h5-8,10-11,17H,3-4,9,12-13H2,1-2H3,(H,23,25)/t17-/m0/s1. The largest absolute Gasteiger partial charge is 0.341 e. The van der Waals surface area contributed by atoms with Gasteiger partial charge >= 0.3 is 0 Å². The normalized spacial score (nSPS) is 18.0. The Hall–Kier alpha value is -2.60. The lowest BCUT2D eigenvalue weighted by Gasteiger charge is -2.32. The molecule has 1 atom stereocenters. The number of nitrogens with zero attached hydrogens (tertiary/aromatic N) is 4. The highest BCUT2D eigenvalue weighted by Gasteiger charge is 2.24. The van der Waals surface area contributed by atoms with Gasteiger partial charge in [0, 0.05) is 36.6 Å². The van der Waals surface area contributed by atoms with Crippen LogP contribution >= 0.6 is 0 Å². The van der Waals surface area contributed by atoms with Crippen LogP contribution in [0.1, 0.15) is 41.5 Å². The molecule has 140 valence electrons. The van der Waals surface area contributed by atoms with E-state index in [4.69, 9.17) is 9.97 Å². The average Bonchev–Trinajstić information content (AvgIpc) is 3.10. The fraction of sp³-hybridized carbons (Fsp3) is 0.381. The molecule has 1 aliphatic rings. The molecule has 4 rings (SSSR count). The van der Waals surface area contributed by atoms with Crippen LogP contribution in [0.3, 0.4) is 0 Å². The molecule has 0 saturated carbocycles. The molecule has 6 heteroatoms. The van der Waals surface area contributed by atoms with E-state index in [1.54, 1.807) is 0 Å². The number of nitrogens with one attached hydrogen (secondary N) is 1. The average molecular weight is 365 g/mol. The highest BCUT2D eigenvalue weighted by molar-refractivity contribution is 5.50. The van der Waals surface area contributed by atoms with E-state index in [2.05, 4.69) is 14.9 Å². The summed E-state index contributed by atoms with van der Waals surface area (Å²) in [6.45, 7) is 6.78. The summed E-state index contributed by atoms with van der Waals surface area (Å²) >= 11 is 0. The van der Waals surface area contributed by atoms with E-state index in [0.29, 0.717) is 5.92 Å². The summed E-state index contributed by atoms with van der Waals surface area (Å²) in [6.07, 6.45) is 4.01. The number of halogens is 1. The van der Waals surface area contributed by atoms with Gasteiger partial charge in [-0.2, -0.15) is 0 Å². The molecule has 3 heterocycles. The Morgan fingerprint density at radius 3 is 2.74 bits per heavy atom. The van der Waals surface area contributed by atoms with Crippen LogP contribution in [0, 0.1) is 19.7 Å². The second kappa shape index (κ2) is 7.56. The maximum atomic E-state index is 13.1. The monoisotopic (exact) mass is 365 g/mol. The first-order valence-electron chi connectivity index (χ1n) is 9.41. The van der Waals surface area contributed by atoms with Crippen LogP contribution in [0.4, 0.5) is 4.39 Å². The molecule has 3 aromatic rings. The van der Waals surface area contributed by atoms with Gasteiger partial charge < -0.3 is 4.98 Å². The van der Waals surface area contributed by atoms with Crippen molar-refractivity contribution in [3.05, 3.63) is 65.1 Å². The van der Waals surface area contributed by atoms with Crippen LogP contribution < -0.4 is 0 Å². The quantitative estimate of drug-likeness (QED) is 0.759. The zero-order valence-electron chi connectivity index (χ0n) is 15.7. The molecule has 0 amide bonds. The molecule has 1 fully saturated rings. The molecule has 1 saturated heterocycles. The van der Waals surface area contributed by atoms with Gasteiger partial charge in [-0.1, -0.05) is 12.1 Å². The van der Waals surface area contributed by atoms with Gasteiger partial charge in [-0.25, -0.2) is 19.3 Å². The molecule has 27 heavy (non-hydrogen) atoms. The fourth-order valence-corrected chi connectivity index (χ4v) is 3.70. The maximum absolute atomic E-state index is 13.1. The maximum Gasteiger partial charge on any atom is 0.156 e. The third-order valence-electron chi connectivity index (χ3n) is 5.01. The molecule has 0 aliphatic carbocycles. The fourth-order valence-electron chi connectivity index (χ4n) is 3.70. The number of piperidine rings is 1. The number of aromatic amines is 1. The minimum absolute atomic E-state index is 0.191. The van der Waals surface area contributed by atoms with E-state index < -0.39 is 0 Å². The summed E-state index contributed by atoms with van der Waals surface area (Å²) in [5.74, 6) is 1.79. The van der Waals surface area contributed by atoms with Crippen LogP contribution in [0.2, 0.25) is 0 Å². The van der Waals surface area contributed by atoms with Gasteiger partial charge in [-0.3, -0.25) is 4.90 Å². The number of likely N-dealkylation sites (tertiary alicyclic amines) is 1. The van der Waals surface area contributed by atoms with Gasteiger partial charge in [0.05, 0.1) is 0 Å². The number of H-pyrrole nitrogens is 1. The lowest BCUT2D eigenvalue weighted by atomic mass is 9.96. The van der Waals surface area contributed by atoms with Crippen molar-refractivity contribution in [1.82, 2.24) is 24.8 Å². The summed E-state index contributed by atoms with van der Waals surface area (Å²) in [6, 6.07) is 8.75. The SMILES string of the molecule is Cc1cc(-c2ncc(C)[nH]2)nc([C@H]2CCCN(Cc3ccc(F)cc3)C2)n1. The summed E-state index contributed by atoms with van der Waals surface area (Å²) in [7, 11) is 0. The number of benzene rings is 1. The van der Waals surface area contributed by atoms with Gasteiger partial charge in [0.15, 0.2) is 5.82 Å². The molecule has 1 aliphatic heterocycles. The van der Waals surface area contributed by atoms with Crippen molar-refractivity contribution in [3.63, 3.8) is 0 Å². The van der Waals surface area contributed by atoms with Gasteiger partial charge in [0.2, 0.25) is 0 Å². The molecular weight excluding hydrogens is 341 g/mol. The first kappa shape index (κ1) is 17.8. The number of rotatable bonds is 4. The Balaban J connectivity index is 1.52. The van der Waals surface area contributed by atoms with Crippen molar-refractivity contribution in [2.75, 3.05) is 13.1 Å². The predicted octanol–water partition coefficient (Wildman–Crippen LogP) is 4.00. The van der Waals surface area contributed by atoms with Crippen molar-refractivity contribution in [2.45, 2.75) is 39.2 Å². The Morgan fingerprint density at radius 1 is 1.19 bits per heavy atom. The lowest BCUT2D eigenvalue weighted by Crippen LogP contribution is -2.34. The van der Waals surface area contributed by atoms with Gasteiger partial charge in [0.1, 0.15) is 17.3 Å². The minimum atomic E-state index is -0.191. The first-order valence-corrected chi connectivity index (χ1v) is 9.41. The van der Waals surface area contributed by atoms with Crippen LogP contribution in [0.25, 0.3) is 11.5 Å². The van der Waals surface area contributed by atoms with Crippen molar-refractivity contribution >= 4 is 0 Å². The highest BCUT2D eigenvalue weighted by Crippen LogP contribution is 2.27. The zero-order chi connectivity index (χ0) is 18.8. The van der Waals surface area contributed by atoms with E-state index in [1.165, 1.54) is 12.1 Å². The Morgan fingerprint density at radius 2 is 2.00 bits per heavy atom. The van der Waals surface area contributed by atoms with Crippen LogP contribution in [0.5, 0.6) is 0 Å². The van der Waals surface area contributed by atoms with E-state index in [1.807, 2.05) is 38.2 Å². The second-order valence-corrected chi connectivity index (χ2v) is 7.37. The molecule has 0 radical (unpaired) electrons. The molecular formula is C21H24FN5. The van der Waals surface area contributed by atoms with Crippen molar-refractivity contribution in [2.24, 2.45) is 0 Å². The zero-order valence-corrected chi connectivity index (χ0v) is 15.7. The van der Waals surface area contributed by atoms with Crippen molar-refractivity contribution in [1.29, 1.82) is 0 Å². The Bertz CT molecular complexity index is 919. The number of hydrogen-bond donors (Lipinski definition) is 1. The number of aryl methyl sites for hydroxylation is 2. The Labute approximate surface area is 158 Å². The van der Waals surface area contributed by atoms with Crippen LogP contribution in [-0.4, -0.2) is 37.9 Å². The summed E-state index contributed by atoms with van der Waals surface area (Å²) < 4.78 is 13.1. The van der Waals surface area contributed by atoms with Crippen molar-refractivity contribution < 1.29 is 4.39 Å². The third kappa shape index (κ3) is 4.22. The molecule has 1 N–H and O–H groups in total. The topological polar surface area (TPSA) is 57.7 Å². The first-order chi connectivity index (χ1) is 13.1. The molecule has 5 nitrogen and oxygen atoms in total. The van der Waals surface area contributed by atoms with E-state index in [9.17, 15) is 4.39 Å². The van der Waals surface area contributed by atoms with Gasteiger partial charge in [0.25, 0.3) is 0 Å². The predicted molar refractivity (Wildman–Crippen MR) is 103 cm³/mol. The summed E-state index contributed by atoms with van der Waals surface area (Å²) in [5.41, 5.74) is 3.96. The van der Waals surface area contributed by atoms with Gasteiger partial charge in [-0.15, -0.1) is 0 Å². The van der Waals surface area contributed by atoms with Gasteiger partial charge in [-0.05, 0) is 57.0 Å². The van der Waals surface area contributed by atoms with Crippen molar-refractivity contribution in [3.8, 4) is 11.5 Å². The van der Waals surface area contributed by atoms with E-state index in [0.717, 1.165) is 66.8 Å². The molecule has 1 aromatic carbocycles. The van der Waals surface area contributed by atoms with Crippen LogP contribution in [-0.2, 0) is 6.54 Å². The van der Waals surface area contributed by atoms with Crippen LogP contribution in [0.15, 0.2) is 36.5 Å². The van der Waals surface area contributed by atoms with E-state index in [-0.39, 0.29) is 5.82 Å². The second-order valence-electron chi connectivity index (χ2n) is 7.37. The molecule has 0 bridgehead atoms. The molecule has 2 aromatic heterocycles.